The third-order valence-corrected chi connectivity index (χ3v) is 2.82. The van der Waals surface area contributed by atoms with Crippen molar-refractivity contribution in [3.63, 3.8) is 0 Å². The van der Waals surface area contributed by atoms with E-state index in [1.54, 1.807) is 29.2 Å². The number of ether oxygens (including phenoxy) is 1. The molecule has 0 saturated carbocycles. The molecule has 0 fully saturated rings. The fourth-order valence-electron chi connectivity index (χ4n) is 1.92. The van der Waals surface area contributed by atoms with Crippen LogP contribution in [0.2, 0.25) is 0 Å². The predicted molar refractivity (Wildman–Crippen MR) is 78.8 cm³/mol. The standard InChI is InChI=1S/C15H22N2O3/c1-4-10-17(11-5-2)15(19)14(18)16-12-8-6-7-9-13(12)20-3/h6-9H,4-5,10-11H2,1-3H3,(H,16,18). The SMILES string of the molecule is CCCN(CCC)C(=O)C(=O)Nc1ccccc1OC. The fourth-order valence-corrected chi connectivity index (χ4v) is 1.92. The summed E-state index contributed by atoms with van der Waals surface area (Å²) in [6, 6.07) is 7.01. The second-order valence-corrected chi connectivity index (χ2v) is 4.45. The predicted octanol–water partition coefficient (Wildman–Crippen LogP) is 2.28. The molecule has 1 aromatic rings. The van der Waals surface area contributed by atoms with E-state index in [2.05, 4.69) is 5.32 Å². The number of anilines is 1. The van der Waals surface area contributed by atoms with E-state index in [9.17, 15) is 9.59 Å². The maximum absolute atomic E-state index is 12.1. The lowest BCUT2D eigenvalue weighted by Crippen LogP contribution is -2.40. The minimum absolute atomic E-state index is 0.500. The van der Waals surface area contributed by atoms with Gasteiger partial charge in [-0.2, -0.15) is 0 Å². The Morgan fingerprint density at radius 3 is 2.30 bits per heavy atom. The summed E-state index contributed by atoms with van der Waals surface area (Å²) in [4.78, 5) is 25.7. The smallest absolute Gasteiger partial charge is 0.314 e. The molecule has 0 aliphatic carbocycles. The zero-order valence-electron chi connectivity index (χ0n) is 12.3. The van der Waals surface area contributed by atoms with Crippen LogP contribution in [-0.4, -0.2) is 36.9 Å². The summed E-state index contributed by atoms with van der Waals surface area (Å²) in [5.74, 6) is -0.595. The van der Waals surface area contributed by atoms with E-state index in [-0.39, 0.29) is 0 Å². The van der Waals surface area contributed by atoms with E-state index in [1.165, 1.54) is 7.11 Å². The molecule has 0 heterocycles. The average Bonchev–Trinajstić information content (AvgIpc) is 2.46. The number of benzene rings is 1. The Bertz CT molecular complexity index is 454. The van der Waals surface area contributed by atoms with Gasteiger partial charge in [0.25, 0.3) is 0 Å². The van der Waals surface area contributed by atoms with Crippen LogP contribution in [0.4, 0.5) is 5.69 Å². The molecule has 0 atom stereocenters. The molecule has 0 saturated heterocycles. The van der Waals surface area contributed by atoms with Gasteiger partial charge in [0.1, 0.15) is 5.75 Å². The molecule has 0 aliphatic rings. The van der Waals surface area contributed by atoms with Crippen LogP contribution in [0.15, 0.2) is 24.3 Å². The van der Waals surface area contributed by atoms with E-state index < -0.39 is 11.8 Å². The summed E-state index contributed by atoms with van der Waals surface area (Å²) < 4.78 is 5.14. The summed E-state index contributed by atoms with van der Waals surface area (Å²) in [5.41, 5.74) is 0.501. The Morgan fingerprint density at radius 2 is 1.75 bits per heavy atom. The van der Waals surface area contributed by atoms with Gasteiger partial charge < -0.3 is 15.0 Å². The monoisotopic (exact) mass is 278 g/mol. The number of amides is 2. The first-order valence-corrected chi connectivity index (χ1v) is 6.87. The number of nitrogens with zero attached hydrogens (tertiary/aromatic N) is 1. The quantitative estimate of drug-likeness (QED) is 0.812. The van der Waals surface area contributed by atoms with Crippen LogP contribution in [-0.2, 0) is 9.59 Å². The highest BCUT2D eigenvalue weighted by Gasteiger charge is 2.21. The number of rotatable bonds is 6. The van der Waals surface area contributed by atoms with Crippen molar-refractivity contribution in [1.82, 2.24) is 4.90 Å². The first-order valence-electron chi connectivity index (χ1n) is 6.87. The van der Waals surface area contributed by atoms with Crippen LogP contribution in [0.25, 0.3) is 0 Å². The van der Waals surface area contributed by atoms with Gasteiger partial charge in [-0.1, -0.05) is 26.0 Å². The molecule has 0 aliphatic heterocycles. The maximum atomic E-state index is 12.1. The van der Waals surface area contributed by atoms with Crippen molar-refractivity contribution in [2.24, 2.45) is 0 Å². The molecule has 1 rings (SSSR count). The molecular formula is C15H22N2O3. The zero-order chi connectivity index (χ0) is 15.0. The lowest BCUT2D eigenvalue weighted by molar-refractivity contribution is -0.143. The summed E-state index contributed by atoms with van der Waals surface area (Å²) in [6.07, 6.45) is 1.65. The minimum atomic E-state index is -0.628. The van der Waals surface area contributed by atoms with Gasteiger partial charge in [0.05, 0.1) is 12.8 Å². The third-order valence-electron chi connectivity index (χ3n) is 2.82. The maximum Gasteiger partial charge on any atom is 0.314 e. The second-order valence-electron chi connectivity index (χ2n) is 4.45. The van der Waals surface area contributed by atoms with E-state index in [1.807, 2.05) is 13.8 Å². The van der Waals surface area contributed by atoms with Crippen LogP contribution in [0.3, 0.4) is 0 Å². The zero-order valence-corrected chi connectivity index (χ0v) is 12.3. The number of hydrogen-bond donors (Lipinski definition) is 1. The molecule has 0 bridgehead atoms. The van der Waals surface area contributed by atoms with Crippen LogP contribution in [0, 0.1) is 0 Å². The molecule has 0 radical (unpaired) electrons. The van der Waals surface area contributed by atoms with Crippen LogP contribution < -0.4 is 10.1 Å². The first-order chi connectivity index (χ1) is 9.63. The van der Waals surface area contributed by atoms with Gasteiger partial charge >= 0.3 is 11.8 Å². The van der Waals surface area contributed by atoms with E-state index in [0.717, 1.165) is 12.8 Å². The van der Waals surface area contributed by atoms with Gasteiger partial charge in [0, 0.05) is 13.1 Å². The lowest BCUT2D eigenvalue weighted by atomic mass is 10.3. The topological polar surface area (TPSA) is 58.6 Å². The molecule has 0 aromatic heterocycles. The van der Waals surface area contributed by atoms with Crippen molar-refractivity contribution in [1.29, 1.82) is 0 Å². The molecule has 2 amide bonds. The van der Waals surface area contributed by atoms with Crippen LogP contribution in [0.5, 0.6) is 5.75 Å². The molecule has 1 N–H and O–H groups in total. The van der Waals surface area contributed by atoms with Crippen molar-refractivity contribution >= 4 is 17.5 Å². The van der Waals surface area contributed by atoms with Gasteiger partial charge in [0.15, 0.2) is 0 Å². The molecule has 20 heavy (non-hydrogen) atoms. The summed E-state index contributed by atoms with van der Waals surface area (Å²) in [5, 5.41) is 2.60. The van der Waals surface area contributed by atoms with Gasteiger partial charge in [0.2, 0.25) is 0 Å². The van der Waals surface area contributed by atoms with Gasteiger partial charge in [-0.25, -0.2) is 0 Å². The van der Waals surface area contributed by atoms with E-state index >= 15 is 0 Å². The Morgan fingerprint density at radius 1 is 1.15 bits per heavy atom. The van der Waals surface area contributed by atoms with Gasteiger partial charge in [-0.15, -0.1) is 0 Å². The number of carbonyl (C=O) groups excluding carboxylic acids is 2. The van der Waals surface area contributed by atoms with Gasteiger partial charge in [-0.05, 0) is 25.0 Å². The molecule has 0 unspecified atom stereocenters. The average molecular weight is 278 g/mol. The van der Waals surface area contributed by atoms with Gasteiger partial charge in [-0.3, -0.25) is 9.59 Å². The molecule has 5 heteroatoms. The van der Waals surface area contributed by atoms with E-state index in [0.29, 0.717) is 24.5 Å². The highest BCUT2D eigenvalue weighted by molar-refractivity contribution is 6.39. The minimum Gasteiger partial charge on any atom is -0.495 e. The Labute approximate surface area is 119 Å². The lowest BCUT2D eigenvalue weighted by Gasteiger charge is -2.20. The summed E-state index contributed by atoms with van der Waals surface area (Å²) in [7, 11) is 1.52. The van der Waals surface area contributed by atoms with Crippen molar-refractivity contribution in [2.45, 2.75) is 26.7 Å². The first kappa shape index (κ1) is 16.0. The summed E-state index contributed by atoms with van der Waals surface area (Å²) in [6.45, 7) is 5.14. The highest BCUT2D eigenvalue weighted by Crippen LogP contribution is 2.22. The largest absolute Gasteiger partial charge is 0.495 e. The molecule has 110 valence electrons. The van der Waals surface area contributed by atoms with Crippen LogP contribution >= 0.6 is 0 Å². The highest BCUT2D eigenvalue weighted by atomic mass is 16.5. The van der Waals surface area contributed by atoms with Crippen molar-refractivity contribution in [3.8, 4) is 5.75 Å². The fraction of sp³-hybridized carbons (Fsp3) is 0.467. The second kappa shape index (κ2) is 8.19. The number of nitrogens with one attached hydrogen (secondary N) is 1. The normalized spacial score (nSPS) is 9.95. The number of carbonyl (C=O) groups is 2. The van der Waals surface area contributed by atoms with Crippen LogP contribution in [0.1, 0.15) is 26.7 Å². The van der Waals surface area contributed by atoms with Crippen molar-refractivity contribution < 1.29 is 14.3 Å². The Kier molecular flexibility index (Phi) is 6.56. The third kappa shape index (κ3) is 4.26. The van der Waals surface area contributed by atoms with E-state index in [4.69, 9.17) is 4.74 Å². The molecule has 1 aromatic carbocycles. The summed E-state index contributed by atoms with van der Waals surface area (Å²) >= 11 is 0. The number of methoxy groups -OCH3 is 1. The Hall–Kier alpha value is -2.04. The number of para-hydroxylation sites is 2. The molecule has 0 spiro atoms. The molecular weight excluding hydrogens is 256 g/mol. The number of hydrogen-bond acceptors (Lipinski definition) is 3. The Balaban J connectivity index is 2.76. The van der Waals surface area contributed by atoms with Crippen molar-refractivity contribution in [3.05, 3.63) is 24.3 Å². The van der Waals surface area contributed by atoms with Crippen molar-refractivity contribution in [2.75, 3.05) is 25.5 Å². The molecule has 5 nitrogen and oxygen atoms in total.